The molecule has 6 nitrogen and oxygen atoms in total. The van der Waals surface area contributed by atoms with Gasteiger partial charge in [0.05, 0.1) is 27.5 Å². The molecule has 0 N–H and O–H groups in total. The number of carbonyl (C=O) groups is 1. The molecule has 1 heterocycles. The molecule has 0 radical (unpaired) electrons. The predicted octanol–water partition coefficient (Wildman–Crippen LogP) is 4.66. The summed E-state index contributed by atoms with van der Waals surface area (Å²) >= 11 is 18.3. The van der Waals surface area contributed by atoms with Crippen molar-refractivity contribution >= 4 is 51.6 Å². The second-order valence-electron chi connectivity index (χ2n) is 7.60. The van der Waals surface area contributed by atoms with Gasteiger partial charge in [0, 0.05) is 30.2 Å². The molecule has 31 heavy (non-hydrogen) atoms. The van der Waals surface area contributed by atoms with Crippen molar-refractivity contribution in [2.45, 2.75) is 13.0 Å². The first-order chi connectivity index (χ1) is 14.6. The fraction of sp³-hybridized carbons (Fsp3) is 0.318. The zero-order valence-electron chi connectivity index (χ0n) is 17.7. The molecular weight excluding hydrogens is 459 g/mol. The highest BCUT2D eigenvalue weighted by atomic mass is 35.5. The van der Waals surface area contributed by atoms with Crippen LogP contribution in [0.5, 0.6) is 0 Å². The van der Waals surface area contributed by atoms with E-state index in [9.17, 15) is 9.59 Å². The molecule has 0 saturated carbocycles. The lowest BCUT2D eigenvalue weighted by molar-refractivity contribution is 0.0666. The van der Waals surface area contributed by atoms with Gasteiger partial charge in [-0.05, 0) is 57.4 Å². The average Bonchev–Trinajstić information content (AvgIpc) is 2.70. The van der Waals surface area contributed by atoms with Gasteiger partial charge in [0.15, 0.2) is 0 Å². The third-order valence-corrected chi connectivity index (χ3v) is 5.91. The summed E-state index contributed by atoms with van der Waals surface area (Å²) < 4.78 is 1.46. The van der Waals surface area contributed by atoms with Crippen molar-refractivity contribution in [2.75, 3.05) is 27.2 Å². The molecular formula is C22H23Cl3N4O2. The lowest BCUT2D eigenvalue weighted by Crippen LogP contribution is -2.40. The number of likely N-dealkylation sites (N-methyl/N-ethyl adjacent to an activating group) is 1. The highest BCUT2D eigenvalue weighted by molar-refractivity contribution is 6.36. The standard InChI is InChI=1S/C22H23Cl3N4O2/c1-13(20-26-19-8-6-14(23)11-17(19)21(30)28(20)4)29(10-9-27(2)3)22(31)16-7-5-15(24)12-18(16)25/h5-8,11-13H,9-10H2,1-4H3. The van der Waals surface area contributed by atoms with E-state index in [2.05, 4.69) is 4.98 Å². The SMILES string of the molecule is CC(c1nc2ccc(Cl)cc2c(=O)n1C)N(CCN(C)C)C(=O)c1ccc(Cl)cc1Cl. The molecule has 0 spiro atoms. The van der Waals surface area contributed by atoms with E-state index in [1.807, 2.05) is 25.9 Å². The van der Waals surface area contributed by atoms with Crippen molar-refractivity contribution in [3.8, 4) is 0 Å². The van der Waals surface area contributed by atoms with E-state index >= 15 is 0 Å². The van der Waals surface area contributed by atoms with Gasteiger partial charge in [-0.2, -0.15) is 0 Å². The number of rotatable bonds is 6. The largest absolute Gasteiger partial charge is 0.327 e. The topological polar surface area (TPSA) is 58.4 Å². The molecule has 1 aromatic heterocycles. The number of carbonyl (C=O) groups excluding carboxylic acids is 1. The minimum absolute atomic E-state index is 0.223. The van der Waals surface area contributed by atoms with Crippen LogP contribution in [0.15, 0.2) is 41.2 Å². The predicted molar refractivity (Wildman–Crippen MR) is 126 cm³/mol. The maximum absolute atomic E-state index is 13.5. The molecule has 1 atom stereocenters. The van der Waals surface area contributed by atoms with E-state index in [1.165, 1.54) is 4.57 Å². The van der Waals surface area contributed by atoms with Crippen molar-refractivity contribution in [2.24, 2.45) is 7.05 Å². The van der Waals surface area contributed by atoms with Crippen LogP contribution in [0.3, 0.4) is 0 Å². The zero-order valence-corrected chi connectivity index (χ0v) is 20.0. The first-order valence-electron chi connectivity index (χ1n) is 9.67. The first-order valence-corrected chi connectivity index (χ1v) is 10.8. The van der Waals surface area contributed by atoms with E-state index < -0.39 is 6.04 Å². The molecule has 9 heteroatoms. The molecule has 0 bridgehead atoms. The third kappa shape index (κ3) is 5.04. The molecule has 0 aliphatic rings. The van der Waals surface area contributed by atoms with E-state index in [1.54, 1.807) is 48.3 Å². The number of halogens is 3. The van der Waals surface area contributed by atoms with Crippen molar-refractivity contribution in [1.82, 2.24) is 19.4 Å². The molecule has 0 fully saturated rings. The summed E-state index contributed by atoms with van der Waals surface area (Å²) in [5, 5.41) is 1.62. The summed E-state index contributed by atoms with van der Waals surface area (Å²) in [6, 6.07) is 9.28. The number of hydrogen-bond acceptors (Lipinski definition) is 4. The van der Waals surface area contributed by atoms with Gasteiger partial charge in [-0.15, -0.1) is 0 Å². The summed E-state index contributed by atoms with van der Waals surface area (Å²) in [6.07, 6.45) is 0. The van der Waals surface area contributed by atoms with Gasteiger partial charge in [0.1, 0.15) is 5.82 Å². The molecule has 164 valence electrons. The lowest BCUT2D eigenvalue weighted by atomic mass is 10.1. The van der Waals surface area contributed by atoms with Crippen LogP contribution in [0.4, 0.5) is 0 Å². The molecule has 1 amide bonds. The number of amides is 1. The highest BCUT2D eigenvalue weighted by Gasteiger charge is 2.27. The van der Waals surface area contributed by atoms with Crippen molar-refractivity contribution in [3.05, 3.63) is 73.2 Å². The second kappa shape index (κ2) is 9.57. The highest BCUT2D eigenvalue weighted by Crippen LogP contribution is 2.27. The zero-order chi connectivity index (χ0) is 22.9. The van der Waals surface area contributed by atoms with Gasteiger partial charge in [0.25, 0.3) is 11.5 Å². The monoisotopic (exact) mass is 480 g/mol. The molecule has 3 rings (SSSR count). The summed E-state index contributed by atoms with van der Waals surface area (Å²) in [7, 11) is 5.50. The fourth-order valence-electron chi connectivity index (χ4n) is 3.37. The number of nitrogens with zero attached hydrogens (tertiary/aromatic N) is 4. The van der Waals surface area contributed by atoms with Gasteiger partial charge >= 0.3 is 0 Å². The van der Waals surface area contributed by atoms with Crippen LogP contribution in [-0.4, -0.2) is 52.4 Å². The lowest BCUT2D eigenvalue weighted by Gasteiger charge is -2.31. The molecule has 0 aliphatic heterocycles. The summed E-state index contributed by atoms with van der Waals surface area (Å²) in [4.78, 5) is 34.7. The van der Waals surface area contributed by atoms with Crippen LogP contribution in [0.2, 0.25) is 15.1 Å². The number of hydrogen-bond donors (Lipinski definition) is 0. The Morgan fingerprint density at radius 2 is 1.71 bits per heavy atom. The normalized spacial score (nSPS) is 12.4. The van der Waals surface area contributed by atoms with E-state index in [0.717, 1.165) is 0 Å². The Bertz CT molecular complexity index is 1190. The maximum atomic E-state index is 13.5. The fourth-order valence-corrected chi connectivity index (χ4v) is 4.03. The Morgan fingerprint density at radius 3 is 2.35 bits per heavy atom. The molecule has 0 saturated heterocycles. The molecule has 0 aliphatic carbocycles. The summed E-state index contributed by atoms with van der Waals surface area (Å²) in [5.41, 5.74) is 0.645. The Morgan fingerprint density at radius 1 is 1.06 bits per heavy atom. The van der Waals surface area contributed by atoms with Crippen LogP contribution < -0.4 is 5.56 Å². The quantitative estimate of drug-likeness (QED) is 0.514. The smallest absolute Gasteiger partial charge is 0.261 e. The Balaban J connectivity index is 2.09. The molecule has 3 aromatic rings. The minimum atomic E-state index is -0.489. The van der Waals surface area contributed by atoms with Crippen LogP contribution >= 0.6 is 34.8 Å². The van der Waals surface area contributed by atoms with Crippen LogP contribution in [0, 0.1) is 0 Å². The number of benzene rings is 2. The minimum Gasteiger partial charge on any atom is -0.327 e. The van der Waals surface area contributed by atoms with Crippen LogP contribution in [0.1, 0.15) is 29.1 Å². The van der Waals surface area contributed by atoms with E-state index in [-0.39, 0.29) is 16.5 Å². The average molecular weight is 482 g/mol. The number of aromatic nitrogens is 2. The van der Waals surface area contributed by atoms with E-state index in [0.29, 0.717) is 45.4 Å². The Kier molecular flexibility index (Phi) is 7.27. The second-order valence-corrected chi connectivity index (χ2v) is 8.88. The van der Waals surface area contributed by atoms with Crippen LogP contribution in [0.25, 0.3) is 10.9 Å². The van der Waals surface area contributed by atoms with Crippen molar-refractivity contribution in [1.29, 1.82) is 0 Å². The molecule has 1 unspecified atom stereocenters. The molecule has 2 aromatic carbocycles. The van der Waals surface area contributed by atoms with Gasteiger partial charge < -0.3 is 9.80 Å². The maximum Gasteiger partial charge on any atom is 0.261 e. The summed E-state index contributed by atoms with van der Waals surface area (Å²) in [6.45, 7) is 2.89. The van der Waals surface area contributed by atoms with Crippen molar-refractivity contribution in [3.63, 3.8) is 0 Å². The Labute approximate surface area is 195 Å². The number of fused-ring (bicyclic) bond motifs is 1. The van der Waals surface area contributed by atoms with Gasteiger partial charge in [0.2, 0.25) is 0 Å². The first kappa shape index (κ1) is 23.5. The van der Waals surface area contributed by atoms with Crippen molar-refractivity contribution < 1.29 is 4.79 Å². The third-order valence-electron chi connectivity index (χ3n) is 5.12. The van der Waals surface area contributed by atoms with Gasteiger partial charge in [-0.1, -0.05) is 34.8 Å². The summed E-state index contributed by atoms with van der Waals surface area (Å²) in [5.74, 6) is 0.207. The van der Waals surface area contributed by atoms with Gasteiger partial charge in [-0.3, -0.25) is 14.2 Å². The van der Waals surface area contributed by atoms with Crippen LogP contribution in [-0.2, 0) is 7.05 Å². The van der Waals surface area contributed by atoms with Gasteiger partial charge in [-0.25, -0.2) is 4.98 Å². The van der Waals surface area contributed by atoms with E-state index in [4.69, 9.17) is 34.8 Å². The Hall–Kier alpha value is -2.12.